The summed E-state index contributed by atoms with van der Waals surface area (Å²) in [5.41, 5.74) is -2.13. The van der Waals surface area contributed by atoms with Gasteiger partial charge in [-0.15, -0.1) is 0 Å². The first kappa shape index (κ1) is 33.7. The molecule has 1 aromatic rings. The van der Waals surface area contributed by atoms with E-state index in [-0.39, 0.29) is 24.7 Å². The molecule has 1 heterocycles. The van der Waals surface area contributed by atoms with E-state index < -0.39 is 47.8 Å². The molecular formula is C26H42FN5O7. The molecule has 1 unspecified atom stereocenters. The van der Waals surface area contributed by atoms with Gasteiger partial charge >= 0.3 is 11.8 Å². The molecule has 0 fully saturated rings. The first-order chi connectivity index (χ1) is 18.4. The highest BCUT2D eigenvalue weighted by atomic mass is 19.1. The summed E-state index contributed by atoms with van der Waals surface area (Å²) < 4.78 is 19.0. The van der Waals surface area contributed by atoms with Crippen LogP contribution in [0.4, 0.5) is 9.18 Å². The summed E-state index contributed by atoms with van der Waals surface area (Å²) in [7, 11) is 1.39. The quantitative estimate of drug-likeness (QED) is 0.0916. The van der Waals surface area contributed by atoms with Crippen molar-refractivity contribution < 1.29 is 28.3 Å². The Morgan fingerprint density at radius 3 is 2.44 bits per heavy atom. The van der Waals surface area contributed by atoms with Crippen LogP contribution in [0, 0.1) is 17.7 Å². The standard InChI is InChI=1S/C26H42FN5O7/c1-5-6-7-8-10-20(16-33)11-9-12-21(13-19(3)34)24(36)32(28)18(2)14-30(4)26(38)39-17-31-15-22(27)23(35)29-25(31)37/h15-16,18,20-21H,5-14,17,28H2,1-4H3,(H,29,35,37)/t18-,20?,21-/m1/s1. The number of nitrogens with one attached hydrogen (secondary N) is 1. The van der Waals surface area contributed by atoms with Crippen molar-refractivity contribution in [1.82, 2.24) is 19.5 Å². The minimum atomic E-state index is -1.21. The molecular weight excluding hydrogens is 513 g/mol. The maximum absolute atomic E-state index is 13.4. The lowest BCUT2D eigenvalue weighted by atomic mass is 9.90. The number of hydrogen-bond acceptors (Lipinski definition) is 8. The van der Waals surface area contributed by atoms with Crippen LogP contribution in [0.1, 0.15) is 78.6 Å². The Bertz CT molecular complexity index is 1070. The Balaban J connectivity index is 2.66. The molecule has 0 spiro atoms. The topological polar surface area (TPSA) is 165 Å². The summed E-state index contributed by atoms with van der Waals surface area (Å²) in [5.74, 6) is 3.53. The molecule has 3 atom stereocenters. The number of amides is 2. The van der Waals surface area contributed by atoms with Crippen LogP contribution in [0.5, 0.6) is 0 Å². The van der Waals surface area contributed by atoms with Gasteiger partial charge in [0.1, 0.15) is 12.1 Å². The molecule has 1 aromatic heterocycles. The van der Waals surface area contributed by atoms with Crippen molar-refractivity contribution in [2.45, 2.75) is 91.3 Å². The lowest BCUT2D eigenvalue weighted by molar-refractivity contribution is -0.140. The Kier molecular flexibility index (Phi) is 14.9. The molecule has 0 radical (unpaired) electrons. The number of ketones is 1. The largest absolute Gasteiger partial charge is 0.427 e. The maximum Gasteiger partial charge on any atom is 0.411 e. The summed E-state index contributed by atoms with van der Waals surface area (Å²) in [6.45, 7) is 4.46. The van der Waals surface area contributed by atoms with Crippen LogP contribution in [-0.2, 0) is 25.9 Å². The maximum atomic E-state index is 13.4. The van der Waals surface area contributed by atoms with Crippen LogP contribution < -0.4 is 17.1 Å². The van der Waals surface area contributed by atoms with Crippen molar-refractivity contribution in [1.29, 1.82) is 0 Å². The number of unbranched alkanes of at least 4 members (excludes halogenated alkanes) is 3. The minimum absolute atomic E-state index is 0.0177. The smallest absolute Gasteiger partial charge is 0.411 e. The lowest BCUT2D eigenvalue weighted by Gasteiger charge is -2.30. The number of ether oxygens (including phenoxy) is 1. The molecule has 2 amide bonds. The van der Waals surface area contributed by atoms with Crippen LogP contribution in [0.15, 0.2) is 15.8 Å². The zero-order chi connectivity index (χ0) is 29.5. The summed E-state index contributed by atoms with van der Waals surface area (Å²) in [6.07, 6.45) is 7.48. The molecule has 0 aliphatic carbocycles. The average molecular weight is 556 g/mol. The summed E-state index contributed by atoms with van der Waals surface area (Å²) in [4.78, 5) is 74.4. The molecule has 0 saturated heterocycles. The molecule has 0 saturated carbocycles. The number of halogens is 1. The van der Waals surface area contributed by atoms with E-state index in [1.165, 1.54) is 14.0 Å². The second kappa shape index (κ2) is 17.3. The second-order valence-electron chi connectivity index (χ2n) is 10.00. The van der Waals surface area contributed by atoms with Gasteiger partial charge in [0.15, 0.2) is 6.73 Å². The van der Waals surface area contributed by atoms with Gasteiger partial charge < -0.3 is 19.2 Å². The van der Waals surface area contributed by atoms with E-state index >= 15 is 0 Å². The number of aldehydes is 1. The van der Waals surface area contributed by atoms with Crippen molar-refractivity contribution in [2.75, 3.05) is 13.6 Å². The zero-order valence-electron chi connectivity index (χ0n) is 23.3. The van der Waals surface area contributed by atoms with E-state index in [2.05, 4.69) is 6.92 Å². The van der Waals surface area contributed by atoms with Gasteiger partial charge in [-0.3, -0.25) is 24.1 Å². The number of likely N-dealkylation sites (N-methyl/N-ethyl adjacent to an activating group) is 1. The summed E-state index contributed by atoms with van der Waals surface area (Å²) in [6, 6.07) is -0.654. The van der Waals surface area contributed by atoms with Crippen molar-refractivity contribution in [3.8, 4) is 0 Å². The predicted molar refractivity (Wildman–Crippen MR) is 142 cm³/mol. The third kappa shape index (κ3) is 11.9. The van der Waals surface area contributed by atoms with E-state index in [0.717, 1.165) is 48.3 Å². The number of hydrazine groups is 1. The van der Waals surface area contributed by atoms with Crippen LogP contribution in [0.25, 0.3) is 0 Å². The summed E-state index contributed by atoms with van der Waals surface area (Å²) >= 11 is 0. The van der Waals surface area contributed by atoms with Crippen LogP contribution in [0.2, 0.25) is 0 Å². The normalized spacial score (nSPS) is 13.3. The van der Waals surface area contributed by atoms with Gasteiger partial charge in [-0.25, -0.2) is 15.4 Å². The first-order valence-electron chi connectivity index (χ1n) is 13.3. The second-order valence-corrected chi connectivity index (χ2v) is 10.00. The molecule has 0 aliphatic heterocycles. The third-order valence-electron chi connectivity index (χ3n) is 6.51. The van der Waals surface area contributed by atoms with Crippen molar-refractivity contribution in [3.63, 3.8) is 0 Å². The van der Waals surface area contributed by atoms with Gasteiger partial charge in [0.2, 0.25) is 11.7 Å². The average Bonchev–Trinajstić information content (AvgIpc) is 2.89. The van der Waals surface area contributed by atoms with Crippen LogP contribution >= 0.6 is 0 Å². The Hall–Kier alpha value is -3.35. The number of Topliss-reactive ketones (excluding diaryl/α,β-unsaturated/α-hetero) is 1. The van der Waals surface area contributed by atoms with E-state index in [1.54, 1.807) is 11.9 Å². The van der Waals surface area contributed by atoms with E-state index in [1.807, 2.05) is 0 Å². The number of rotatable bonds is 18. The first-order valence-corrected chi connectivity index (χ1v) is 13.3. The van der Waals surface area contributed by atoms with E-state index in [9.17, 15) is 33.2 Å². The molecule has 0 aromatic carbocycles. The fourth-order valence-electron chi connectivity index (χ4n) is 4.20. The zero-order valence-corrected chi connectivity index (χ0v) is 23.3. The fraction of sp³-hybridized carbons (Fsp3) is 0.692. The van der Waals surface area contributed by atoms with Crippen molar-refractivity contribution in [2.24, 2.45) is 17.7 Å². The molecule has 3 N–H and O–H groups in total. The molecule has 220 valence electrons. The van der Waals surface area contributed by atoms with Gasteiger partial charge in [-0.2, -0.15) is 4.39 Å². The minimum Gasteiger partial charge on any atom is -0.427 e. The van der Waals surface area contributed by atoms with Crippen LogP contribution in [0.3, 0.4) is 0 Å². The highest BCUT2D eigenvalue weighted by Crippen LogP contribution is 2.21. The van der Waals surface area contributed by atoms with E-state index in [4.69, 9.17) is 10.6 Å². The Morgan fingerprint density at radius 2 is 1.82 bits per heavy atom. The van der Waals surface area contributed by atoms with Gasteiger partial charge in [0, 0.05) is 31.8 Å². The fourth-order valence-corrected chi connectivity index (χ4v) is 4.20. The summed E-state index contributed by atoms with van der Waals surface area (Å²) in [5, 5.41) is 0.987. The molecule has 13 heteroatoms. The molecule has 39 heavy (non-hydrogen) atoms. The monoisotopic (exact) mass is 555 g/mol. The number of H-pyrrole nitrogens is 1. The number of aromatic amines is 1. The number of carbonyl (C=O) groups is 4. The number of hydrogen-bond donors (Lipinski definition) is 2. The van der Waals surface area contributed by atoms with Crippen molar-refractivity contribution >= 4 is 24.1 Å². The molecule has 1 rings (SSSR count). The number of aromatic nitrogens is 2. The predicted octanol–water partition coefficient (Wildman–Crippen LogP) is 2.34. The Labute approximate surface area is 227 Å². The number of nitrogens with zero attached hydrogens (tertiary/aromatic N) is 3. The highest BCUT2D eigenvalue weighted by Gasteiger charge is 2.28. The van der Waals surface area contributed by atoms with Gasteiger partial charge in [-0.1, -0.05) is 39.0 Å². The van der Waals surface area contributed by atoms with Gasteiger partial charge in [0.05, 0.1) is 12.2 Å². The molecule has 12 nitrogen and oxygen atoms in total. The van der Waals surface area contributed by atoms with Crippen molar-refractivity contribution in [3.05, 3.63) is 32.9 Å². The van der Waals surface area contributed by atoms with Crippen LogP contribution in [-0.4, -0.2) is 63.2 Å². The highest BCUT2D eigenvalue weighted by molar-refractivity contribution is 5.85. The Morgan fingerprint density at radius 1 is 1.15 bits per heavy atom. The van der Waals surface area contributed by atoms with Gasteiger partial charge in [-0.05, 0) is 33.1 Å². The number of nitrogens with two attached hydrogens (primary N) is 1. The SMILES string of the molecule is CCCCCCC(C=O)CCC[C@H](CC(C)=O)C(=O)N(N)[C@H](C)CN(C)C(=O)OCn1cc(F)c(=O)[nH]c1=O. The lowest BCUT2D eigenvalue weighted by Crippen LogP contribution is -2.52. The third-order valence-corrected chi connectivity index (χ3v) is 6.51. The molecule has 0 aliphatic rings. The van der Waals surface area contributed by atoms with E-state index in [0.29, 0.717) is 30.0 Å². The van der Waals surface area contributed by atoms with Gasteiger partial charge in [0.25, 0.3) is 5.56 Å². The number of carbonyl (C=O) groups excluding carboxylic acids is 4. The molecule has 0 bridgehead atoms.